The fraction of sp³-hybridized carbons (Fsp3) is 0.133. The molecule has 0 radical (unpaired) electrons. The van der Waals surface area contributed by atoms with Crippen LogP contribution in [0.1, 0.15) is 15.9 Å². The van der Waals surface area contributed by atoms with Gasteiger partial charge in [0.15, 0.2) is 0 Å². The van der Waals surface area contributed by atoms with Crippen LogP contribution in [0.3, 0.4) is 0 Å². The normalized spacial score (nSPS) is 11.0. The van der Waals surface area contributed by atoms with E-state index in [0.29, 0.717) is 12.0 Å². The van der Waals surface area contributed by atoms with Gasteiger partial charge < -0.3 is 5.32 Å². The van der Waals surface area contributed by atoms with Crippen LogP contribution in [0.4, 0.5) is 11.4 Å². The summed E-state index contributed by atoms with van der Waals surface area (Å²) in [5.41, 5.74) is -0.617. The minimum Gasteiger partial charge on any atom is -0.352 e. The van der Waals surface area contributed by atoms with E-state index in [9.17, 15) is 33.4 Å². The zero-order chi connectivity index (χ0) is 20.2. The first kappa shape index (κ1) is 19.9. The lowest BCUT2D eigenvalue weighted by atomic mass is 10.1. The zero-order valence-corrected chi connectivity index (χ0v) is 14.5. The molecule has 12 heteroatoms. The predicted octanol–water partition coefficient (Wildman–Crippen LogP) is 1.12. The van der Waals surface area contributed by atoms with Gasteiger partial charge in [-0.05, 0) is 24.1 Å². The first-order valence-corrected chi connectivity index (χ1v) is 8.96. The van der Waals surface area contributed by atoms with Crippen molar-refractivity contribution in [2.24, 2.45) is 5.14 Å². The molecule has 0 aliphatic rings. The zero-order valence-electron chi connectivity index (χ0n) is 13.7. The Morgan fingerprint density at radius 1 is 1.00 bits per heavy atom. The molecule has 0 aliphatic carbocycles. The van der Waals surface area contributed by atoms with Gasteiger partial charge in [-0.1, -0.05) is 12.1 Å². The summed E-state index contributed by atoms with van der Waals surface area (Å²) >= 11 is 0. The van der Waals surface area contributed by atoms with Gasteiger partial charge in [-0.2, -0.15) is 0 Å². The highest BCUT2D eigenvalue weighted by Gasteiger charge is 2.19. The van der Waals surface area contributed by atoms with Crippen LogP contribution in [-0.4, -0.2) is 30.7 Å². The summed E-state index contributed by atoms with van der Waals surface area (Å²) in [5.74, 6) is -0.706. The number of amides is 1. The number of hydrogen-bond acceptors (Lipinski definition) is 7. The van der Waals surface area contributed by atoms with E-state index in [1.54, 1.807) is 0 Å². The molecular formula is C15H14N4O7S. The van der Waals surface area contributed by atoms with Gasteiger partial charge in [-0.15, -0.1) is 0 Å². The molecule has 0 saturated heterocycles. The number of non-ortho nitro benzene ring substituents is 2. The lowest BCUT2D eigenvalue weighted by molar-refractivity contribution is -0.394. The molecule has 11 nitrogen and oxygen atoms in total. The number of nitrogens with one attached hydrogen (secondary N) is 1. The van der Waals surface area contributed by atoms with Gasteiger partial charge in [0, 0.05) is 18.7 Å². The highest BCUT2D eigenvalue weighted by Crippen LogP contribution is 2.22. The van der Waals surface area contributed by atoms with E-state index in [4.69, 9.17) is 5.14 Å². The minimum atomic E-state index is -3.79. The molecule has 3 N–H and O–H groups in total. The van der Waals surface area contributed by atoms with Crippen molar-refractivity contribution in [3.8, 4) is 0 Å². The summed E-state index contributed by atoms with van der Waals surface area (Å²) in [6.07, 6.45) is 0.341. The van der Waals surface area contributed by atoms with Crippen LogP contribution in [-0.2, 0) is 16.4 Å². The fourth-order valence-electron chi connectivity index (χ4n) is 2.21. The molecule has 0 saturated carbocycles. The molecular weight excluding hydrogens is 380 g/mol. The highest BCUT2D eigenvalue weighted by molar-refractivity contribution is 7.89. The van der Waals surface area contributed by atoms with Gasteiger partial charge in [0.1, 0.15) is 0 Å². The Kier molecular flexibility index (Phi) is 5.82. The maximum Gasteiger partial charge on any atom is 0.277 e. The molecule has 0 bridgehead atoms. The number of nitro groups is 2. The molecule has 0 atom stereocenters. The lowest BCUT2D eigenvalue weighted by Crippen LogP contribution is -2.25. The smallest absolute Gasteiger partial charge is 0.277 e. The topological polar surface area (TPSA) is 176 Å². The Morgan fingerprint density at radius 2 is 1.52 bits per heavy atom. The van der Waals surface area contributed by atoms with Crippen molar-refractivity contribution in [3.63, 3.8) is 0 Å². The van der Waals surface area contributed by atoms with Crippen LogP contribution in [0.5, 0.6) is 0 Å². The number of benzene rings is 2. The van der Waals surface area contributed by atoms with Crippen LogP contribution < -0.4 is 10.5 Å². The second kappa shape index (κ2) is 7.88. The molecule has 0 fully saturated rings. The average Bonchev–Trinajstić information content (AvgIpc) is 2.60. The van der Waals surface area contributed by atoms with E-state index in [2.05, 4.69) is 5.32 Å². The first-order chi connectivity index (χ1) is 12.6. The van der Waals surface area contributed by atoms with E-state index in [1.807, 2.05) is 0 Å². The summed E-state index contributed by atoms with van der Waals surface area (Å²) < 4.78 is 22.4. The van der Waals surface area contributed by atoms with Crippen molar-refractivity contribution >= 4 is 27.3 Å². The molecule has 0 aliphatic heterocycles. The number of primary sulfonamides is 1. The fourth-order valence-corrected chi connectivity index (χ4v) is 2.72. The van der Waals surface area contributed by atoms with Crippen LogP contribution in [0.15, 0.2) is 47.4 Å². The standard InChI is InChI=1S/C15H14N4O7S/c16-27(25,26)14-3-1-10(2-4-14)5-6-17-15(20)11-7-12(18(21)22)9-13(8-11)19(23)24/h1-4,7-9H,5-6H2,(H,17,20)(H2,16,25,26). The minimum absolute atomic E-state index is 0.0424. The van der Waals surface area contributed by atoms with Gasteiger partial charge in [0.05, 0.1) is 26.4 Å². The SMILES string of the molecule is NS(=O)(=O)c1ccc(CCNC(=O)c2cc([N+](=O)[O-])cc([N+](=O)[O-])c2)cc1. The first-order valence-electron chi connectivity index (χ1n) is 7.42. The number of hydrogen-bond donors (Lipinski definition) is 2. The third-order valence-electron chi connectivity index (χ3n) is 3.54. The number of rotatable bonds is 7. The van der Waals surface area contributed by atoms with Crippen LogP contribution in [0, 0.1) is 20.2 Å². The van der Waals surface area contributed by atoms with E-state index >= 15 is 0 Å². The third kappa shape index (κ3) is 5.29. The molecule has 1 amide bonds. The molecule has 0 aromatic heterocycles. The number of carbonyl (C=O) groups excluding carboxylic acids is 1. The van der Waals surface area contributed by atoms with Crippen LogP contribution in [0.25, 0.3) is 0 Å². The second-order valence-electron chi connectivity index (χ2n) is 5.45. The number of sulfonamides is 1. The van der Waals surface area contributed by atoms with Gasteiger partial charge >= 0.3 is 0 Å². The van der Waals surface area contributed by atoms with E-state index < -0.39 is 37.2 Å². The van der Waals surface area contributed by atoms with Crippen molar-refractivity contribution in [3.05, 3.63) is 73.8 Å². The molecule has 2 rings (SSSR count). The molecule has 0 unspecified atom stereocenters. The molecule has 0 heterocycles. The van der Waals surface area contributed by atoms with E-state index in [1.165, 1.54) is 24.3 Å². The quantitative estimate of drug-likeness (QED) is 0.522. The van der Waals surface area contributed by atoms with Crippen LogP contribution in [0.2, 0.25) is 0 Å². The Labute approximate surface area is 153 Å². The molecule has 2 aromatic carbocycles. The number of nitrogens with zero attached hydrogens (tertiary/aromatic N) is 2. The maximum atomic E-state index is 12.1. The van der Waals surface area contributed by atoms with Crippen molar-refractivity contribution in [1.82, 2.24) is 5.32 Å². The number of nitro benzene ring substituents is 2. The van der Waals surface area contributed by atoms with Crippen LogP contribution >= 0.6 is 0 Å². The highest BCUT2D eigenvalue weighted by atomic mass is 32.2. The van der Waals surface area contributed by atoms with Crippen molar-refractivity contribution in [2.75, 3.05) is 6.54 Å². The number of carbonyl (C=O) groups is 1. The molecule has 27 heavy (non-hydrogen) atoms. The van der Waals surface area contributed by atoms with E-state index in [0.717, 1.165) is 18.2 Å². The largest absolute Gasteiger partial charge is 0.352 e. The monoisotopic (exact) mass is 394 g/mol. The van der Waals surface area contributed by atoms with Crippen molar-refractivity contribution in [2.45, 2.75) is 11.3 Å². The summed E-state index contributed by atoms with van der Waals surface area (Å²) in [6, 6.07) is 8.39. The Morgan fingerprint density at radius 3 is 1.96 bits per heavy atom. The molecule has 0 spiro atoms. The third-order valence-corrected chi connectivity index (χ3v) is 4.47. The Hall–Kier alpha value is -3.38. The van der Waals surface area contributed by atoms with Crippen molar-refractivity contribution < 1.29 is 23.1 Å². The summed E-state index contributed by atoms with van der Waals surface area (Å²) in [7, 11) is -3.79. The Bertz CT molecular complexity index is 971. The maximum absolute atomic E-state index is 12.1. The molecule has 2 aromatic rings. The van der Waals surface area contributed by atoms with Gasteiger partial charge in [-0.3, -0.25) is 25.0 Å². The van der Waals surface area contributed by atoms with Gasteiger partial charge in [0.2, 0.25) is 10.0 Å². The Balaban J connectivity index is 2.05. The second-order valence-corrected chi connectivity index (χ2v) is 7.01. The summed E-state index contributed by atoms with van der Waals surface area (Å²) in [6.45, 7) is 0.129. The van der Waals surface area contributed by atoms with E-state index in [-0.39, 0.29) is 17.0 Å². The molecule has 142 valence electrons. The number of nitrogens with two attached hydrogens (primary N) is 1. The van der Waals surface area contributed by atoms with Gasteiger partial charge in [0.25, 0.3) is 17.3 Å². The van der Waals surface area contributed by atoms with Gasteiger partial charge in [-0.25, -0.2) is 13.6 Å². The van der Waals surface area contributed by atoms with Crippen molar-refractivity contribution in [1.29, 1.82) is 0 Å². The predicted molar refractivity (Wildman–Crippen MR) is 93.6 cm³/mol. The average molecular weight is 394 g/mol. The summed E-state index contributed by atoms with van der Waals surface area (Å²) in [4.78, 5) is 32.1. The lowest BCUT2D eigenvalue weighted by Gasteiger charge is -2.06. The summed E-state index contributed by atoms with van der Waals surface area (Å²) in [5, 5.41) is 29.2.